The Hall–Kier alpha value is -3.49. The van der Waals surface area contributed by atoms with Crippen LogP contribution < -0.4 is 5.43 Å². The maximum atomic E-state index is 13.3. The number of carbonyl (C=O) groups is 1. The number of alkyl halides is 3. The van der Waals surface area contributed by atoms with E-state index in [4.69, 9.17) is 4.74 Å². The molecule has 0 unspecified atom stereocenters. The number of para-hydroxylation sites is 1. The van der Waals surface area contributed by atoms with Gasteiger partial charge < -0.3 is 4.74 Å². The Labute approximate surface area is 162 Å². The molecule has 3 rings (SSSR count). The highest BCUT2D eigenvalue weighted by Gasteiger charge is 2.34. The Morgan fingerprint density at radius 3 is 2.52 bits per heavy atom. The minimum absolute atomic E-state index is 0.105. The Balaban J connectivity index is 1.97. The number of nitrogens with zero attached hydrogens (tertiary/aromatic N) is 2. The van der Waals surface area contributed by atoms with E-state index in [2.05, 4.69) is 5.10 Å². The van der Waals surface area contributed by atoms with Gasteiger partial charge in [-0.1, -0.05) is 24.3 Å². The highest BCUT2D eigenvalue weighted by Crippen LogP contribution is 2.33. The predicted octanol–water partition coefficient (Wildman–Crippen LogP) is 4.06. The van der Waals surface area contributed by atoms with Crippen LogP contribution in [0.5, 0.6) is 0 Å². The molecule has 0 atom stereocenters. The lowest BCUT2D eigenvalue weighted by atomic mass is 10.1. The van der Waals surface area contributed by atoms with Gasteiger partial charge in [-0.3, -0.25) is 4.79 Å². The molecule has 3 aromatic rings. The van der Waals surface area contributed by atoms with Crippen molar-refractivity contribution in [1.29, 1.82) is 0 Å². The minimum atomic E-state index is -4.66. The quantitative estimate of drug-likeness (QED) is 0.484. The van der Waals surface area contributed by atoms with Gasteiger partial charge in [-0.2, -0.15) is 18.3 Å². The number of aromatic nitrogens is 2. The summed E-state index contributed by atoms with van der Waals surface area (Å²) in [6, 6.07) is 10.9. The first-order valence-corrected chi connectivity index (χ1v) is 8.36. The fourth-order valence-electron chi connectivity index (χ4n) is 2.67. The fraction of sp³-hybridized carbons (Fsp3) is 0.150. The number of esters is 1. The molecule has 0 aliphatic heterocycles. The first-order chi connectivity index (χ1) is 13.7. The first kappa shape index (κ1) is 20.2. The molecule has 9 heteroatoms. The predicted molar refractivity (Wildman–Crippen MR) is 95.1 cm³/mol. The normalized spacial score (nSPS) is 11.3. The van der Waals surface area contributed by atoms with E-state index in [-0.39, 0.29) is 18.0 Å². The third-order valence-electron chi connectivity index (χ3n) is 4.00. The van der Waals surface area contributed by atoms with Crippen molar-refractivity contribution in [2.45, 2.75) is 19.7 Å². The topological polar surface area (TPSA) is 61.2 Å². The molecule has 29 heavy (non-hydrogen) atoms. The summed E-state index contributed by atoms with van der Waals surface area (Å²) < 4.78 is 59.0. The van der Waals surface area contributed by atoms with Crippen LogP contribution in [0.1, 0.15) is 27.3 Å². The lowest BCUT2D eigenvalue weighted by Crippen LogP contribution is -2.25. The zero-order valence-corrected chi connectivity index (χ0v) is 15.0. The van der Waals surface area contributed by atoms with E-state index in [9.17, 15) is 27.2 Å². The summed E-state index contributed by atoms with van der Waals surface area (Å²) >= 11 is 0. The molecular weight excluding hydrogens is 392 g/mol. The van der Waals surface area contributed by atoms with Crippen molar-refractivity contribution < 1.29 is 27.1 Å². The second-order valence-electron chi connectivity index (χ2n) is 6.13. The molecule has 150 valence electrons. The second-order valence-corrected chi connectivity index (χ2v) is 6.13. The van der Waals surface area contributed by atoms with Crippen LogP contribution in [-0.2, 0) is 17.5 Å². The standard InChI is InChI=1S/C20H14F4N2O3/c1-12-9-17(27)18(19(28)29-11-13-5-4-6-14(21)10-13)25-26(12)16-8-3-2-7-15(16)20(22,23)24/h2-10H,11H2,1H3. The van der Waals surface area contributed by atoms with E-state index in [1.165, 1.54) is 43.3 Å². The summed E-state index contributed by atoms with van der Waals surface area (Å²) in [4.78, 5) is 24.4. The van der Waals surface area contributed by atoms with Crippen molar-refractivity contribution in [3.63, 3.8) is 0 Å². The molecule has 0 saturated carbocycles. The molecule has 1 aromatic heterocycles. The van der Waals surface area contributed by atoms with Gasteiger partial charge in [0.2, 0.25) is 11.1 Å². The molecule has 0 amide bonds. The van der Waals surface area contributed by atoms with Gasteiger partial charge in [0.1, 0.15) is 12.4 Å². The number of hydrogen-bond donors (Lipinski definition) is 0. The van der Waals surface area contributed by atoms with Crippen molar-refractivity contribution in [2.75, 3.05) is 0 Å². The zero-order chi connectivity index (χ0) is 21.2. The van der Waals surface area contributed by atoms with Gasteiger partial charge in [0.05, 0.1) is 11.3 Å². The van der Waals surface area contributed by atoms with Gasteiger partial charge in [-0.05, 0) is 36.8 Å². The van der Waals surface area contributed by atoms with Crippen LogP contribution in [0.2, 0.25) is 0 Å². The van der Waals surface area contributed by atoms with Crippen LogP contribution in [0.4, 0.5) is 17.6 Å². The van der Waals surface area contributed by atoms with Crippen molar-refractivity contribution >= 4 is 5.97 Å². The molecule has 0 N–H and O–H groups in total. The van der Waals surface area contributed by atoms with Crippen LogP contribution >= 0.6 is 0 Å². The highest BCUT2D eigenvalue weighted by molar-refractivity contribution is 5.87. The van der Waals surface area contributed by atoms with Crippen LogP contribution in [0.25, 0.3) is 5.69 Å². The number of aryl methyl sites for hydroxylation is 1. The summed E-state index contributed by atoms with van der Waals surface area (Å²) in [6.45, 7) is 1.06. The summed E-state index contributed by atoms with van der Waals surface area (Å²) in [7, 11) is 0. The second kappa shape index (κ2) is 7.86. The number of rotatable bonds is 4. The Morgan fingerprint density at radius 1 is 1.10 bits per heavy atom. The largest absolute Gasteiger partial charge is 0.456 e. The maximum absolute atomic E-state index is 13.3. The summed E-state index contributed by atoms with van der Waals surface area (Å²) in [6.07, 6.45) is -4.66. The summed E-state index contributed by atoms with van der Waals surface area (Å²) in [5.41, 5.74) is -2.34. The van der Waals surface area contributed by atoms with Crippen LogP contribution in [0.3, 0.4) is 0 Å². The third kappa shape index (κ3) is 4.50. The first-order valence-electron chi connectivity index (χ1n) is 8.36. The SMILES string of the molecule is Cc1cc(=O)c(C(=O)OCc2cccc(F)c2)nn1-c1ccccc1C(F)(F)F. The summed E-state index contributed by atoms with van der Waals surface area (Å²) in [5, 5.41) is 3.80. The molecule has 0 bridgehead atoms. The highest BCUT2D eigenvalue weighted by atomic mass is 19.4. The molecule has 0 radical (unpaired) electrons. The van der Waals surface area contributed by atoms with Gasteiger partial charge in [0.25, 0.3) is 0 Å². The van der Waals surface area contributed by atoms with E-state index in [0.717, 1.165) is 22.9 Å². The maximum Gasteiger partial charge on any atom is 0.418 e. The van der Waals surface area contributed by atoms with Crippen molar-refractivity contribution in [3.8, 4) is 5.69 Å². The summed E-state index contributed by atoms with van der Waals surface area (Å²) in [5.74, 6) is -1.66. The number of carbonyl (C=O) groups excluding carboxylic acids is 1. The van der Waals surface area contributed by atoms with Crippen molar-refractivity contribution in [2.24, 2.45) is 0 Å². The van der Waals surface area contributed by atoms with E-state index >= 15 is 0 Å². The Bertz CT molecular complexity index is 1120. The van der Waals surface area contributed by atoms with Gasteiger partial charge in [-0.25, -0.2) is 13.9 Å². The average Bonchev–Trinajstić information content (AvgIpc) is 2.66. The molecule has 0 aliphatic rings. The van der Waals surface area contributed by atoms with Gasteiger partial charge >= 0.3 is 12.1 Å². The number of benzene rings is 2. The molecule has 1 heterocycles. The molecule has 0 spiro atoms. The number of hydrogen-bond acceptors (Lipinski definition) is 4. The van der Waals surface area contributed by atoms with Crippen molar-refractivity contribution in [3.05, 3.63) is 93.2 Å². The lowest BCUT2D eigenvalue weighted by molar-refractivity contribution is -0.137. The smallest absolute Gasteiger partial charge is 0.418 e. The zero-order valence-electron chi connectivity index (χ0n) is 15.0. The van der Waals surface area contributed by atoms with Crippen LogP contribution in [0, 0.1) is 12.7 Å². The van der Waals surface area contributed by atoms with E-state index in [1.807, 2.05) is 0 Å². The molecule has 5 nitrogen and oxygen atoms in total. The number of halogens is 4. The molecule has 0 fully saturated rings. The van der Waals surface area contributed by atoms with Gasteiger partial charge in [0, 0.05) is 11.8 Å². The fourth-order valence-corrected chi connectivity index (χ4v) is 2.67. The van der Waals surface area contributed by atoms with E-state index in [0.29, 0.717) is 5.56 Å². The molecule has 0 aliphatic carbocycles. The minimum Gasteiger partial charge on any atom is -0.456 e. The molecule has 0 saturated heterocycles. The van der Waals surface area contributed by atoms with E-state index < -0.39 is 34.6 Å². The molecule has 2 aromatic carbocycles. The third-order valence-corrected chi connectivity index (χ3v) is 4.00. The monoisotopic (exact) mass is 406 g/mol. The van der Waals surface area contributed by atoms with E-state index in [1.54, 1.807) is 0 Å². The average molecular weight is 406 g/mol. The molecular formula is C20H14F4N2O3. The van der Waals surface area contributed by atoms with Crippen molar-refractivity contribution in [1.82, 2.24) is 9.78 Å². The van der Waals surface area contributed by atoms with Crippen LogP contribution in [0.15, 0.2) is 59.4 Å². The number of ether oxygens (including phenoxy) is 1. The van der Waals surface area contributed by atoms with Gasteiger partial charge in [-0.15, -0.1) is 0 Å². The lowest BCUT2D eigenvalue weighted by Gasteiger charge is -2.16. The van der Waals surface area contributed by atoms with Crippen LogP contribution in [-0.4, -0.2) is 15.7 Å². The Kier molecular flexibility index (Phi) is 5.49. The Morgan fingerprint density at radius 2 is 1.83 bits per heavy atom. The van der Waals surface area contributed by atoms with Gasteiger partial charge in [0.15, 0.2) is 0 Å².